The fourth-order valence-corrected chi connectivity index (χ4v) is 3.37. The van der Waals surface area contributed by atoms with E-state index < -0.39 is 16.9 Å². The monoisotopic (exact) mass is 409 g/mol. The van der Waals surface area contributed by atoms with E-state index in [1.807, 2.05) is 45.2 Å². The Morgan fingerprint density at radius 3 is 2.67 bits per heavy atom. The molecular formula is C21H23N5O4. The molecule has 0 saturated heterocycles. The number of aromatic nitrogens is 4. The number of nitrogens with zero attached hydrogens (tertiary/aromatic N) is 4. The molecule has 1 N–H and O–H groups in total. The third kappa shape index (κ3) is 3.91. The van der Waals surface area contributed by atoms with Crippen molar-refractivity contribution in [2.45, 2.75) is 32.8 Å². The van der Waals surface area contributed by atoms with Crippen LogP contribution in [0, 0.1) is 0 Å². The molecule has 0 aromatic carbocycles. The second kappa shape index (κ2) is 7.33. The molecule has 0 bridgehead atoms. The standard InChI is InChI=1S/C21H23N5O4/c1-21(2,3)30-20(29)24-8-4-14(5-9-24)15-6-10-25-16(12-15)22-13-18(25)26-11-7-17(27)23-19(26)28/h4,6-7,10-13H,5,8-9H2,1-3H3,(H,23,27,28). The number of aromatic amines is 1. The van der Waals surface area contributed by atoms with Crippen molar-refractivity contribution in [3.8, 4) is 5.82 Å². The lowest BCUT2D eigenvalue weighted by Crippen LogP contribution is -2.39. The molecule has 9 nitrogen and oxygen atoms in total. The number of nitrogens with one attached hydrogen (secondary N) is 1. The second-order valence-corrected chi connectivity index (χ2v) is 8.15. The highest BCUT2D eigenvalue weighted by atomic mass is 16.6. The summed E-state index contributed by atoms with van der Waals surface area (Å²) in [7, 11) is 0. The van der Waals surface area contributed by atoms with Crippen molar-refractivity contribution in [2.75, 3.05) is 13.1 Å². The summed E-state index contributed by atoms with van der Waals surface area (Å²) in [4.78, 5) is 43.9. The molecule has 156 valence electrons. The molecule has 30 heavy (non-hydrogen) atoms. The average Bonchev–Trinajstić information content (AvgIpc) is 3.10. The molecule has 0 fully saturated rings. The van der Waals surface area contributed by atoms with Gasteiger partial charge >= 0.3 is 11.8 Å². The van der Waals surface area contributed by atoms with Gasteiger partial charge in [0.15, 0.2) is 0 Å². The Morgan fingerprint density at radius 1 is 1.20 bits per heavy atom. The summed E-state index contributed by atoms with van der Waals surface area (Å²) in [6.07, 6.45) is 7.27. The first-order chi connectivity index (χ1) is 14.2. The van der Waals surface area contributed by atoms with Crippen LogP contribution in [0.15, 0.2) is 52.5 Å². The first-order valence-electron chi connectivity index (χ1n) is 9.68. The zero-order chi connectivity index (χ0) is 21.5. The van der Waals surface area contributed by atoms with Crippen LogP contribution in [-0.4, -0.2) is 48.6 Å². The van der Waals surface area contributed by atoms with Crippen LogP contribution in [0.4, 0.5) is 4.79 Å². The van der Waals surface area contributed by atoms with Gasteiger partial charge in [-0.2, -0.15) is 0 Å². The molecule has 0 aliphatic carbocycles. The summed E-state index contributed by atoms with van der Waals surface area (Å²) in [5, 5.41) is 0. The van der Waals surface area contributed by atoms with Crippen LogP contribution in [0.1, 0.15) is 32.8 Å². The minimum Gasteiger partial charge on any atom is -0.444 e. The Morgan fingerprint density at radius 2 is 2.00 bits per heavy atom. The van der Waals surface area contributed by atoms with Crippen LogP contribution < -0.4 is 11.2 Å². The number of imidazole rings is 1. The Hall–Kier alpha value is -3.62. The van der Waals surface area contributed by atoms with Crippen LogP contribution in [-0.2, 0) is 4.74 Å². The predicted octanol–water partition coefficient (Wildman–Crippen LogP) is 2.20. The predicted molar refractivity (Wildman–Crippen MR) is 112 cm³/mol. The molecule has 3 aromatic rings. The second-order valence-electron chi connectivity index (χ2n) is 8.15. The van der Waals surface area contributed by atoms with Crippen molar-refractivity contribution < 1.29 is 9.53 Å². The minimum absolute atomic E-state index is 0.308. The van der Waals surface area contributed by atoms with Gasteiger partial charge < -0.3 is 9.64 Å². The van der Waals surface area contributed by atoms with Crippen molar-refractivity contribution in [2.24, 2.45) is 0 Å². The smallest absolute Gasteiger partial charge is 0.410 e. The molecule has 3 aromatic heterocycles. The van der Waals surface area contributed by atoms with E-state index in [4.69, 9.17) is 4.74 Å². The van der Waals surface area contributed by atoms with E-state index >= 15 is 0 Å². The Bertz CT molecular complexity index is 1260. The van der Waals surface area contributed by atoms with Crippen LogP contribution in [0.25, 0.3) is 17.0 Å². The van der Waals surface area contributed by atoms with Gasteiger partial charge in [0.25, 0.3) is 5.56 Å². The molecule has 0 radical (unpaired) electrons. The van der Waals surface area contributed by atoms with Gasteiger partial charge in [-0.15, -0.1) is 0 Å². The van der Waals surface area contributed by atoms with E-state index in [1.165, 1.54) is 16.8 Å². The third-order valence-corrected chi connectivity index (χ3v) is 4.80. The van der Waals surface area contributed by atoms with Crippen molar-refractivity contribution in [1.82, 2.24) is 23.8 Å². The number of rotatable bonds is 2. The Kier molecular flexibility index (Phi) is 4.81. The quantitative estimate of drug-likeness (QED) is 0.699. The summed E-state index contributed by atoms with van der Waals surface area (Å²) in [5.74, 6) is 0.534. The maximum Gasteiger partial charge on any atom is 0.410 e. The zero-order valence-corrected chi connectivity index (χ0v) is 17.1. The molecule has 1 amide bonds. The number of pyridine rings is 1. The Balaban J connectivity index is 1.57. The number of hydrogen-bond acceptors (Lipinski definition) is 5. The summed E-state index contributed by atoms with van der Waals surface area (Å²) in [5.41, 5.74) is 1.33. The third-order valence-electron chi connectivity index (χ3n) is 4.80. The van der Waals surface area contributed by atoms with E-state index in [1.54, 1.807) is 15.5 Å². The molecule has 1 aliphatic rings. The first kappa shape index (κ1) is 19.7. The number of ether oxygens (including phenoxy) is 1. The lowest BCUT2D eigenvalue weighted by atomic mass is 10.0. The molecule has 9 heteroatoms. The van der Waals surface area contributed by atoms with Gasteiger partial charge in [0.1, 0.15) is 17.1 Å². The molecule has 0 atom stereocenters. The van der Waals surface area contributed by atoms with E-state index in [0.29, 0.717) is 31.0 Å². The van der Waals surface area contributed by atoms with Gasteiger partial charge in [0.05, 0.1) is 6.20 Å². The van der Waals surface area contributed by atoms with Crippen molar-refractivity contribution in [3.63, 3.8) is 0 Å². The van der Waals surface area contributed by atoms with Crippen molar-refractivity contribution >= 4 is 17.3 Å². The van der Waals surface area contributed by atoms with E-state index in [0.717, 1.165) is 11.1 Å². The number of H-pyrrole nitrogens is 1. The lowest BCUT2D eigenvalue weighted by molar-refractivity contribution is 0.0270. The van der Waals surface area contributed by atoms with Crippen LogP contribution in [0.5, 0.6) is 0 Å². The van der Waals surface area contributed by atoms with Gasteiger partial charge in [0.2, 0.25) is 0 Å². The maximum absolute atomic E-state index is 12.2. The van der Waals surface area contributed by atoms with Gasteiger partial charge in [-0.05, 0) is 50.5 Å². The number of carbonyl (C=O) groups excluding carboxylic acids is 1. The van der Waals surface area contributed by atoms with E-state index in [2.05, 4.69) is 9.97 Å². The molecular weight excluding hydrogens is 386 g/mol. The molecule has 4 rings (SSSR count). The minimum atomic E-state index is -0.523. The van der Waals surface area contributed by atoms with Gasteiger partial charge in [-0.3, -0.25) is 18.7 Å². The highest BCUT2D eigenvalue weighted by Crippen LogP contribution is 2.25. The SMILES string of the molecule is CC(C)(C)OC(=O)N1CC=C(c2ccn3c(-n4ccc(=O)[nH]c4=O)cnc3c2)CC1. The van der Waals surface area contributed by atoms with Crippen LogP contribution in [0.3, 0.4) is 0 Å². The first-order valence-corrected chi connectivity index (χ1v) is 9.68. The zero-order valence-electron chi connectivity index (χ0n) is 17.1. The summed E-state index contributed by atoms with van der Waals surface area (Å²) in [6.45, 7) is 6.63. The highest BCUT2D eigenvalue weighted by molar-refractivity contribution is 5.74. The fraction of sp³-hybridized carbons (Fsp3) is 0.333. The molecule has 1 aliphatic heterocycles. The van der Waals surface area contributed by atoms with E-state index in [-0.39, 0.29) is 6.09 Å². The number of carbonyl (C=O) groups is 1. The highest BCUT2D eigenvalue weighted by Gasteiger charge is 2.24. The molecule has 0 spiro atoms. The largest absolute Gasteiger partial charge is 0.444 e. The topological polar surface area (TPSA) is 102 Å². The summed E-state index contributed by atoms with van der Waals surface area (Å²) in [6, 6.07) is 5.18. The lowest BCUT2D eigenvalue weighted by Gasteiger charge is -2.29. The van der Waals surface area contributed by atoms with Crippen molar-refractivity contribution in [1.29, 1.82) is 0 Å². The molecule has 4 heterocycles. The number of fused-ring (bicyclic) bond motifs is 1. The van der Waals surface area contributed by atoms with E-state index in [9.17, 15) is 14.4 Å². The van der Waals surface area contributed by atoms with Crippen molar-refractivity contribution in [3.05, 3.63) is 69.3 Å². The normalized spacial score (nSPS) is 14.6. The molecule has 0 unspecified atom stereocenters. The summed E-state index contributed by atoms with van der Waals surface area (Å²) >= 11 is 0. The van der Waals surface area contributed by atoms with Crippen LogP contribution in [0.2, 0.25) is 0 Å². The fourth-order valence-electron chi connectivity index (χ4n) is 3.37. The Labute approximate surface area is 172 Å². The maximum atomic E-state index is 12.2. The summed E-state index contributed by atoms with van der Waals surface area (Å²) < 4.78 is 8.54. The average molecular weight is 409 g/mol. The van der Waals surface area contributed by atoms with Gasteiger partial charge in [-0.1, -0.05) is 6.08 Å². The number of amides is 1. The van der Waals surface area contributed by atoms with Crippen LogP contribution >= 0.6 is 0 Å². The van der Waals surface area contributed by atoms with Gasteiger partial charge in [0, 0.05) is 31.5 Å². The molecule has 0 saturated carbocycles. The van der Waals surface area contributed by atoms with Gasteiger partial charge in [-0.25, -0.2) is 14.6 Å². The number of hydrogen-bond donors (Lipinski definition) is 1.